The summed E-state index contributed by atoms with van der Waals surface area (Å²) >= 11 is 3.28. The highest BCUT2D eigenvalue weighted by molar-refractivity contribution is 9.09. The van der Waals surface area contributed by atoms with E-state index in [1.165, 1.54) is 16.3 Å². The summed E-state index contributed by atoms with van der Waals surface area (Å²) < 4.78 is 0. The number of halogens is 1. The van der Waals surface area contributed by atoms with Gasteiger partial charge in [0.2, 0.25) is 5.91 Å². The number of benzene rings is 4. The molecule has 4 aromatic rings. The number of hydrogen-bond acceptors (Lipinski definition) is 4. The lowest BCUT2D eigenvalue weighted by atomic mass is 9.77. The highest BCUT2D eigenvalue weighted by atomic mass is 79.9. The summed E-state index contributed by atoms with van der Waals surface area (Å²) in [6.45, 7) is 1.80. The maximum Gasteiger partial charge on any atom is 0.488 e. The number of rotatable bonds is 8. The summed E-state index contributed by atoms with van der Waals surface area (Å²) in [5, 5.41) is 24.4. The first-order valence-corrected chi connectivity index (χ1v) is 12.4. The van der Waals surface area contributed by atoms with Crippen LogP contribution in [0.4, 0.5) is 0 Å². The standard InChI is InChI=1S/C27H28BBrN2O3/c1-30(16-19-9-3-8-14-26(19)28(33)34)17-24-20-10-4-6-12-22(20)25(18-31(2)27(32)15-29)23-13-7-5-11-21(23)24/h3-14,33-34H,15-18H2,1-2H3. The van der Waals surface area contributed by atoms with E-state index in [0.717, 1.165) is 21.9 Å². The molecule has 2 N–H and O–H groups in total. The van der Waals surface area contributed by atoms with Crippen LogP contribution in [0.5, 0.6) is 0 Å². The summed E-state index contributed by atoms with van der Waals surface area (Å²) in [4.78, 5) is 16.2. The molecule has 0 unspecified atom stereocenters. The molecule has 0 radical (unpaired) electrons. The van der Waals surface area contributed by atoms with Crippen molar-refractivity contribution in [2.45, 2.75) is 19.6 Å². The largest absolute Gasteiger partial charge is 0.488 e. The Balaban J connectivity index is 1.78. The van der Waals surface area contributed by atoms with Gasteiger partial charge in [0.15, 0.2) is 0 Å². The molecule has 0 heterocycles. The first-order chi connectivity index (χ1) is 16.4. The average Bonchev–Trinajstić information content (AvgIpc) is 2.85. The van der Waals surface area contributed by atoms with E-state index in [4.69, 9.17) is 0 Å². The van der Waals surface area contributed by atoms with Crippen molar-refractivity contribution in [1.29, 1.82) is 0 Å². The quantitative estimate of drug-likeness (QED) is 0.212. The third-order valence-corrected chi connectivity index (χ3v) is 6.77. The molecule has 4 rings (SSSR count). The highest BCUT2D eigenvalue weighted by Crippen LogP contribution is 2.34. The number of carbonyl (C=O) groups excluding carboxylic acids is 1. The fourth-order valence-corrected chi connectivity index (χ4v) is 5.05. The Labute approximate surface area is 208 Å². The summed E-state index contributed by atoms with van der Waals surface area (Å²) in [6.07, 6.45) is 0. The van der Waals surface area contributed by atoms with Crippen molar-refractivity contribution in [2.24, 2.45) is 0 Å². The lowest BCUT2D eigenvalue weighted by molar-refractivity contribution is -0.127. The molecule has 0 aliphatic heterocycles. The average molecular weight is 519 g/mol. The van der Waals surface area contributed by atoms with Gasteiger partial charge in [-0.05, 0) is 50.7 Å². The van der Waals surface area contributed by atoms with Gasteiger partial charge < -0.3 is 14.9 Å². The van der Waals surface area contributed by atoms with Crippen LogP contribution in [0.15, 0.2) is 72.8 Å². The lowest BCUT2D eigenvalue weighted by Crippen LogP contribution is -2.35. The highest BCUT2D eigenvalue weighted by Gasteiger charge is 2.19. The van der Waals surface area contributed by atoms with Gasteiger partial charge in [0.25, 0.3) is 0 Å². The molecule has 4 aromatic carbocycles. The van der Waals surface area contributed by atoms with Crippen LogP contribution in [0.2, 0.25) is 0 Å². The molecule has 0 saturated carbocycles. The molecule has 0 fully saturated rings. The van der Waals surface area contributed by atoms with E-state index in [0.29, 0.717) is 30.4 Å². The molecule has 34 heavy (non-hydrogen) atoms. The molecule has 0 aliphatic carbocycles. The van der Waals surface area contributed by atoms with E-state index in [1.807, 2.05) is 44.4 Å². The van der Waals surface area contributed by atoms with Crippen molar-refractivity contribution in [3.05, 3.63) is 89.5 Å². The zero-order valence-electron chi connectivity index (χ0n) is 19.4. The van der Waals surface area contributed by atoms with E-state index < -0.39 is 7.12 Å². The smallest absolute Gasteiger partial charge is 0.423 e. The molecule has 0 spiro atoms. The molecule has 5 nitrogen and oxygen atoms in total. The van der Waals surface area contributed by atoms with E-state index in [-0.39, 0.29) is 5.91 Å². The Kier molecular flexibility index (Phi) is 7.68. The monoisotopic (exact) mass is 518 g/mol. The molecule has 0 atom stereocenters. The molecule has 1 amide bonds. The van der Waals surface area contributed by atoms with Gasteiger partial charge in [0.1, 0.15) is 0 Å². The predicted molar refractivity (Wildman–Crippen MR) is 143 cm³/mol. The third kappa shape index (κ3) is 5.03. The van der Waals surface area contributed by atoms with Gasteiger partial charge in [-0.2, -0.15) is 0 Å². The second-order valence-corrected chi connectivity index (χ2v) is 9.24. The molecular weight excluding hydrogens is 491 g/mol. The number of hydrogen-bond donors (Lipinski definition) is 2. The number of nitrogens with zero attached hydrogens (tertiary/aromatic N) is 2. The number of alkyl halides is 1. The Bertz CT molecular complexity index is 1270. The second kappa shape index (κ2) is 10.7. The Morgan fingerprint density at radius 2 is 1.24 bits per heavy atom. The maximum atomic E-state index is 12.3. The van der Waals surface area contributed by atoms with E-state index in [2.05, 4.69) is 57.2 Å². The molecular formula is C27H28BBrN2O3. The fraction of sp³-hybridized carbons (Fsp3) is 0.222. The molecule has 0 aliphatic rings. The third-order valence-electron chi connectivity index (χ3n) is 6.29. The zero-order valence-corrected chi connectivity index (χ0v) is 21.0. The van der Waals surface area contributed by atoms with Gasteiger partial charge in [-0.25, -0.2) is 0 Å². The van der Waals surface area contributed by atoms with Crippen LogP contribution < -0.4 is 5.46 Å². The van der Waals surface area contributed by atoms with Crippen LogP contribution in [-0.4, -0.2) is 52.3 Å². The molecule has 0 saturated heterocycles. The van der Waals surface area contributed by atoms with Crippen LogP contribution in [-0.2, 0) is 24.4 Å². The van der Waals surface area contributed by atoms with Gasteiger partial charge in [-0.1, -0.05) is 88.7 Å². The van der Waals surface area contributed by atoms with E-state index in [1.54, 1.807) is 11.0 Å². The predicted octanol–water partition coefficient (Wildman–Crippen LogP) is 3.66. The van der Waals surface area contributed by atoms with E-state index >= 15 is 0 Å². The minimum atomic E-state index is -1.50. The lowest BCUT2D eigenvalue weighted by Gasteiger charge is -2.24. The number of carbonyl (C=O) groups is 1. The van der Waals surface area contributed by atoms with Crippen molar-refractivity contribution in [3.63, 3.8) is 0 Å². The van der Waals surface area contributed by atoms with Crippen LogP contribution in [0.3, 0.4) is 0 Å². The van der Waals surface area contributed by atoms with Gasteiger partial charge in [0.05, 0.1) is 5.33 Å². The summed E-state index contributed by atoms with van der Waals surface area (Å²) in [5.41, 5.74) is 3.77. The number of amides is 1. The van der Waals surface area contributed by atoms with Crippen molar-refractivity contribution in [2.75, 3.05) is 19.4 Å². The first kappa shape index (κ1) is 24.4. The van der Waals surface area contributed by atoms with Crippen LogP contribution in [0, 0.1) is 0 Å². The fourth-order valence-electron chi connectivity index (χ4n) is 4.62. The summed E-state index contributed by atoms with van der Waals surface area (Å²) in [6, 6.07) is 24.1. The first-order valence-electron chi connectivity index (χ1n) is 11.2. The summed E-state index contributed by atoms with van der Waals surface area (Å²) in [5.74, 6) is 0.0432. The zero-order chi connectivity index (χ0) is 24.2. The Hall–Kier alpha value is -2.71. The molecule has 0 bridgehead atoms. The van der Waals surface area contributed by atoms with Crippen molar-refractivity contribution in [1.82, 2.24) is 9.80 Å². The number of fused-ring (bicyclic) bond motifs is 2. The van der Waals surface area contributed by atoms with Crippen molar-refractivity contribution in [3.8, 4) is 0 Å². The molecule has 174 valence electrons. The van der Waals surface area contributed by atoms with Crippen molar-refractivity contribution >= 4 is 56.0 Å². The Morgan fingerprint density at radius 1 is 0.765 bits per heavy atom. The summed E-state index contributed by atoms with van der Waals surface area (Å²) in [7, 11) is 2.38. The normalized spacial score (nSPS) is 11.4. The minimum Gasteiger partial charge on any atom is -0.423 e. The van der Waals surface area contributed by atoms with Gasteiger partial charge in [-0.15, -0.1) is 0 Å². The van der Waals surface area contributed by atoms with Crippen LogP contribution >= 0.6 is 15.9 Å². The Morgan fingerprint density at radius 3 is 1.74 bits per heavy atom. The topological polar surface area (TPSA) is 64.0 Å². The van der Waals surface area contributed by atoms with Gasteiger partial charge in [-0.3, -0.25) is 9.69 Å². The van der Waals surface area contributed by atoms with Crippen LogP contribution in [0.25, 0.3) is 21.5 Å². The molecule has 0 aromatic heterocycles. The van der Waals surface area contributed by atoms with Crippen molar-refractivity contribution < 1.29 is 14.8 Å². The molecule has 7 heteroatoms. The maximum absolute atomic E-state index is 12.3. The van der Waals surface area contributed by atoms with Crippen LogP contribution in [0.1, 0.15) is 16.7 Å². The van der Waals surface area contributed by atoms with Gasteiger partial charge >= 0.3 is 7.12 Å². The second-order valence-electron chi connectivity index (χ2n) is 8.68. The van der Waals surface area contributed by atoms with Gasteiger partial charge in [0, 0.05) is 26.7 Å². The SMILES string of the molecule is CN(Cc1ccccc1B(O)O)Cc1c2ccccc2c(CN(C)C(=O)CBr)c2ccccc12. The van der Waals surface area contributed by atoms with E-state index in [9.17, 15) is 14.8 Å². The minimum absolute atomic E-state index is 0.0432.